The Morgan fingerprint density at radius 3 is 2.65 bits per heavy atom. The molecule has 1 aromatic carbocycles. The number of esters is 1. The Balaban J connectivity index is 1.80. The molecule has 0 spiro atoms. The van der Waals surface area contributed by atoms with Crippen molar-refractivity contribution in [3.8, 4) is 11.4 Å². The number of carbonyl (C=O) groups is 1. The summed E-state index contributed by atoms with van der Waals surface area (Å²) in [6.45, 7) is 4.39. The van der Waals surface area contributed by atoms with Gasteiger partial charge in [0.25, 0.3) is 5.69 Å². The zero-order chi connectivity index (χ0) is 26.7. The first kappa shape index (κ1) is 26.1. The number of nitro benzene ring substituents is 1. The number of ether oxygens (including phenoxy) is 2. The van der Waals surface area contributed by atoms with E-state index in [1.165, 1.54) is 20.3 Å². The molecular formula is C26H29N5O5S. The zero-order valence-electron chi connectivity index (χ0n) is 21.1. The van der Waals surface area contributed by atoms with Gasteiger partial charge in [-0.3, -0.25) is 19.9 Å². The van der Waals surface area contributed by atoms with Gasteiger partial charge in [0.2, 0.25) is 0 Å². The molecule has 0 amide bonds. The third kappa shape index (κ3) is 5.12. The second-order valence-corrected chi connectivity index (χ2v) is 9.16. The molecule has 0 aliphatic carbocycles. The molecule has 0 saturated carbocycles. The van der Waals surface area contributed by atoms with Crippen LogP contribution in [-0.2, 0) is 9.53 Å². The summed E-state index contributed by atoms with van der Waals surface area (Å²) in [5, 5.41) is 15.9. The highest BCUT2D eigenvalue weighted by Gasteiger charge is 2.41. The monoisotopic (exact) mass is 523 g/mol. The van der Waals surface area contributed by atoms with Crippen LogP contribution >= 0.6 is 12.2 Å². The highest BCUT2D eigenvalue weighted by Crippen LogP contribution is 2.42. The molecule has 1 N–H and O–H groups in total. The number of hydrogen-bond donors (Lipinski definition) is 1. The largest absolute Gasteiger partial charge is 0.496 e. The highest BCUT2D eigenvalue weighted by atomic mass is 32.1. The number of thiocarbonyl (C=S) groups is 1. The second kappa shape index (κ2) is 11.0. The van der Waals surface area contributed by atoms with E-state index in [9.17, 15) is 14.9 Å². The predicted molar refractivity (Wildman–Crippen MR) is 142 cm³/mol. The van der Waals surface area contributed by atoms with E-state index in [1.54, 1.807) is 18.3 Å². The van der Waals surface area contributed by atoms with Gasteiger partial charge in [-0.1, -0.05) is 6.07 Å². The Labute approximate surface area is 220 Å². The molecule has 11 heteroatoms. The summed E-state index contributed by atoms with van der Waals surface area (Å²) in [7, 11) is 2.85. The van der Waals surface area contributed by atoms with Crippen molar-refractivity contribution >= 4 is 29.0 Å². The molecule has 10 nitrogen and oxygen atoms in total. The molecule has 1 aliphatic heterocycles. The number of aryl methyl sites for hydroxylation is 1. The van der Waals surface area contributed by atoms with Crippen molar-refractivity contribution < 1.29 is 19.2 Å². The van der Waals surface area contributed by atoms with Crippen LogP contribution in [-0.4, -0.2) is 51.2 Å². The molecule has 37 heavy (non-hydrogen) atoms. The lowest BCUT2D eigenvalue weighted by molar-refractivity contribution is -0.384. The number of carbonyl (C=O) groups excluding carboxylic acids is 1. The average molecular weight is 524 g/mol. The summed E-state index contributed by atoms with van der Waals surface area (Å²) in [4.78, 5) is 29.9. The maximum atomic E-state index is 11.9. The van der Waals surface area contributed by atoms with Crippen LogP contribution in [0.25, 0.3) is 5.69 Å². The topological polar surface area (TPSA) is 112 Å². The maximum absolute atomic E-state index is 11.9. The van der Waals surface area contributed by atoms with Gasteiger partial charge in [-0.15, -0.1) is 0 Å². The van der Waals surface area contributed by atoms with Crippen molar-refractivity contribution in [3.63, 3.8) is 0 Å². The van der Waals surface area contributed by atoms with Crippen LogP contribution in [0.2, 0.25) is 0 Å². The number of aromatic nitrogens is 2. The normalized spacial score (nSPS) is 17.0. The van der Waals surface area contributed by atoms with Crippen LogP contribution in [0.4, 0.5) is 5.69 Å². The third-order valence-electron chi connectivity index (χ3n) is 6.61. The maximum Gasteiger partial charge on any atom is 0.305 e. The van der Waals surface area contributed by atoms with Crippen molar-refractivity contribution in [1.82, 2.24) is 19.8 Å². The minimum absolute atomic E-state index is 0.0519. The fourth-order valence-electron chi connectivity index (χ4n) is 4.90. The molecule has 3 heterocycles. The Hall–Kier alpha value is -3.99. The first-order chi connectivity index (χ1) is 17.8. The quantitative estimate of drug-likeness (QED) is 0.190. The van der Waals surface area contributed by atoms with E-state index >= 15 is 0 Å². The van der Waals surface area contributed by atoms with E-state index in [2.05, 4.69) is 15.2 Å². The van der Waals surface area contributed by atoms with Gasteiger partial charge in [-0.05, 0) is 68.4 Å². The van der Waals surface area contributed by atoms with Crippen molar-refractivity contribution in [2.75, 3.05) is 20.8 Å². The van der Waals surface area contributed by atoms with Gasteiger partial charge in [0.15, 0.2) is 5.11 Å². The number of hydrogen-bond acceptors (Lipinski definition) is 7. The fourth-order valence-corrected chi connectivity index (χ4v) is 5.24. The summed E-state index contributed by atoms with van der Waals surface area (Å²) < 4.78 is 11.9. The predicted octanol–water partition coefficient (Wildman–Crippen LogP) is 4.33. The highest BCUT2D eigenvalue weighted by molar-refractivity contribution is 7.80. The van der Waals surface area contributed by atoms with Crippen molar-refractivity contribution in [1.29, 1.82) is 0 Å². The number of methoxy groups -OCH3 is 2. The molecule has 3 aromatic rings. The molecule has 4 rings (SSSR count). The van der Waals surface area contributed by atoms with Gasteiger partial charge in [0, 0.05) is 30.6 Å². The van der Waals surface area contributed by atoms with Gasteiger partial charge < -0.3 is 24.3 Å². The van der Waals surface area contributed by atoms with Crippen LogP contribution in [0, 0.1) is 24.0 Å². The summed E-state index contributed by atoms with van der Waals surface area (Å²) in [5.41, 5.74) is 3.87. The third-order valence-corrected chi connectivity index (χ3v) is 6.97. The summed E-state index contributed by atoms with van der Waals surface area (Å²) in [5.74, 6) is 0.136. The molecule has 2 aromatic heterocycles. The van der Waals surface area contributed by atoms with E-state index in [4.69, 9.17) is 21.7 Å². The average Bonchev–Trinajstić information content (AvgIpc) is 3.38. The zero-order valence-corrected chi connectivity index (χ0v) is 21.9. The number of benzene rings is 1. The molecule has 194 valence electrons. The molecule has 1 aliphatic rings. The fraction of sp³-hybridized carbons (Fsp3) is 0.346. The number of nitro groups is 1. The molecule has 1 fully saturated rings. The minimum atomic E-state index is -0.404. The van der Waals surface area contributed by atoms with Gasteiger partial charge >= 0.3 is 5.97 Å². The lowest BCUT2D eigenvalue weighted by Crippen LogP contribution is -2.31. The number of nitrogens with zero attached hydrogens (tertiary/aromatic N) is 4. The van der Waals surface area contributed by atoms with Crippen molar-refractivity contribution in [2.45, 2.75) is 38.8 Å². The van der Waals surface area contributed by atoms with E-state index in [0.29, 0.717) is 29.5 Å². The lowest BCUT2D eigenvalue weighted by Gasteiger charge is -2.28. The Kier molecular flexibility index (Phi) is 7.72. The smallest absolute Gasteiger partial charge is 0.305 e. The van der Waals surface area contributed by atoms with Crippen LogP contribution in [0.1, 0.15) is 47.6 Å². The van der Waals surface area contributed by atoms with Gasteiger partial charge in [-0.25, -0.2) is 0 Å². The first-order valence-electron chi connectivity index (χ1n) is 11.8. The number of rotatable bonds is 9. The van der Waals surface area contributed by atoms with Gasteiger partial charge in [-0.2, -0.15) is 0 Å². The molecule has 0 unspecified atom stereocenters. The molecule has 1 saturated heterocycles. The van der Waals surface area contributed by atoms with Gasteiger partial charge in [0.05, 0.1) is 43.0 Å². The second-order valence-electron chi connectivity index (χ2n) is 8.77. The SMILES string of the molecule is COC(=O)CCCN1C(=S)N[C@@H](c2ccccn2)[C@H]1c1cc(C)n(-c2ccc(OC)cc2[N+](=O)[O-])c1C. The first-order valence-corrected chi connectivity index (χ1v) is 12.2. The van der Waals surface area contributed by atoms with E-state index in [-0.39, 0.29) is 30.2 Å². The minimum Gasteiger partial charge on any atom is -0.496 e. The summed E-state index contributed by atoms with van der Waals surface area (Å²) in [6, 6.07) is 12.1. The molecular weight excluding hydrogens is 494 g/mol. The van der Waals surface area contributed by atoms with Crippen LogP contribution in [0.5, 0.6) is 5.75 Å². The van der Waals surface area contributed by atoms with Crippen LogP contribution in [0.15, 0.2) is 48.7 Å². The van der Waals surface area contributed by atoms with Crippen LogP contribution in [0.3, 0.4) is 0 Å². The van der Waals surface area contributed by atoms with E-state index in [1.807, 2.05) is 42.7 Å². The Morgan fingerprint density at radius 2 is 2.00 bits per heavy atom. The molecule has 0 bridgehead atoms. The summed E-state index contributed by atoms with van der Waals surface area (Å²) >= 11 is 5.72. The summed E-state index contributed by atoms with van der Waals surface area (Å²) in [6.07, 6.45) is 2.57. The standard InChI is InChI=1S/C26H29N5O5S/c1-16-14-19(17(2)30(16)21-11-10-18(35-3)15-22(21)31(33)34)25-24(20-8-5-6-12-27-20)28-26(37)29(25)13-7-9-23(32)36-4/h5-6,8,10-12,14-15,24-25H,7,9,13H2,1-4H3,(H,28,37)/t24-,25+/m0/s1. The lowest BCUT2D eigenvalue weighted by atomic mass is 9.96. The number of pyridine rings is 1. The Morgan fingerprint density at radius 1 is 1.22 bits per heavy atom. The van der Waals surface area contributed by atoms with Gasteiger partial charge in [0.1, 0.15) is 11.4 Å². The van der Waals surface area contributed by atoms with Crippen molar-refractivity contribution in [2.24, 2.45) is 0 Å². The van der Waals surface area contributed by atoms with E-state index in [0.717, 1.165) is 22.6 Å². The number of nitrogens with one attached hydrogen (secondary N) is 1. The van der Waals surface area contributed by atoms with Crippen molar-refractivity contribution in [3.05, 3.63) is 81.4 Å². The Bertz CT molecular complexity index is 1330. The molecule has 2 atom stereocenters. The molecule has 0 radical (unpaired) electrons. The van der Waals surface area contributed by atoms with E-state index < -0.39 is 4.92 Å². The van der Waals surface area contributed by atoms with Crippen LogP contribution < -0.4 is 10.1 Å².